The lowest BCUT2D eigenvalue weighted by Gasteiger charge is -2.23. The first-order chi connectivity index (χ1) is 16.3. The van der Waals surface area contributed by atoms with E-state index in [-0.39, 0.29) is 30.2 Å². The van der Waals surface area contributed by atoms with Gasteiger partial charge in [-0.25, -0.2) is 13.2 Å². The fraction of sp³-hybridized carbons (Fsp3) is 0.160. The van der Waals surface area contributed by atoms with Gasteiger partial charge in [-0.2, -0.15) is 0 Å². The van der Waals surface area contributed by atoms with Crippen LogP contribution in [0.2, 0.25) is 0 Å². The van der Waals surface area contributed by atoms with Crippen molar-refractivity contribution in [1.82, 2.24) is 4.90 Å². The molecule has 0 atom stereocenters. The van der Waals surface area contributed by atoms with E-state index in [1.807, 2.05) is 0 Å². The van der Waals surface area contributed by atoms with Crippen LogP contribution in [0.1, 0.15) is 38.0 Å². The van der Waals surface area contributed by atoms with Crippen LogP contribution in [0.4, 0.5) is 5.69 Å². The van der Waals surface area contributed by atoms with Gasteiger partial charge in [0.15, 0.2) is 0 Å². The van der Waals surface area contributed by atoms with E-state index in [0.717, 1.165) is 4.90 Å². The molecule has 9 heteroatoms. The molecule has 34 heavy (non-hydrogen) atoms. The van der Waals surface area contributed by atoms with E-state index in [0.29, 0.717) is 16.8 Å². The molecule has 2 amide bonds. The zero-order valence-electron chi connectivity index (χ0n) is 18.4. The second-order valence-electron chi connectivity index (χ2n) is 7.47. The topological polar surface area (TPSA) is 101 Å². The minimum Gasteiger partial charge on any atom is -0.460 e. The van der Waals surface area contributed by atoms with Crippen LogP contribution in [0.15, 0.2) is 83.8 Å². The van der Waals surface area contributed by atoms with Crippen molar-refractivity contribution < 1.29 is 27.5 Å². The maximum Gasteiger partial charge on any atom is 0.338 e. The lowest BCUT2D eigenvalue weighted by molar-refractivity contribution is 0.0420. The van der Waals surface area contributed by atoms with Crippen molar-refractivity contribution in [1.29, 1.82) is 0 Å². The van der Waals surface area contributed by atoms with Gasteiger partial charge in [0, 0.05) is 6.54 Å². The van der Waals surface area contributed by atoms with Crippen molar-refractivity contribution in [2.45, 2.75) is 11.8 Å². The van der Waals surface area contributed by atoms with Gasteiger partial charge in [-0.05, 0) is 55.5 Å². The minimum absolute atomic E-state index is 0.0424. The summed E-state index contributed by atoms with van der Waals surface area (Å²) < 4.78 is 32.6. The molecule has 0 bridgehead atoms. The molecule has 1 aliphatic heterocycles. The van der Waals surface area contributed by atoms with Crippen LogP contribution in [-0.4, -0.2) is 50.8 Å². The fourth-order valence-corrected chi connectivity index (χ4v) is 5.20. The first-order valence-electron chi connectivity index (χ1n) is 10.6. The maximum atomic E-state index is 13.1. The van der Waals surface area contributed by atoms with Crippen molar-refractivity contribution in [3.05, 3.63) is 95.6 Å². The molecule has 8 nitrogen and oxygen atoms in total. The number of sulfonamides is 1. The van der Waals surface area contributed by atoms with E-state index in [1.54, 1.807) is 61.5 Å². The van der Waals surface area contributed by atoms with Gasteiger partial charge in [-0.15, -0.1) is 0 Å². The highest BCUT2D eigenvalue weighted by Crippen LogP contribution is 2.24. The van der Waals surface area contributed by atoms with E-state index in [4.69, 9.17) is 4.74 Å². The number of nitrogens with zero attached hydrogens (tertiary/aromatic N) is 2. The molecule has 0 aromatic heterocycles. The van der Waals surface area contributed by atoms with Gasteiger partial charge in [0.2, 0.25) is 0 Å². The molecular weight excluding hydrogens is 456 g/mol. The Morgan fingerprint density at radius 3 is 1.97 bits per heavy atom. The highest BCUT2D eigenvalue weighted by atomic mass is 32.2. The third-order valence-corrected chi connectivity index (χ3v) is 7.35. The number of esters is 1. The maximum absolute atomic E-state index is 13.1. The van der Waals surface area contributed by atoms with Crippen LogP contribution >= 0.6 is 0 Å². The minimum atomic E-state index is -3.81. The quantitative estimate of drug-likeness (QED) is 0.364. The normalized spacial score (nSPS) is 13.0. The van der Waals surface area contributed by atoms with Gasteiger partial charge in [-0.3, -0.25) is 18.8 Å². The highest BCUT2D eigenvalue weighted by Gasteiger charge is 2.34. The first kappa shape index (κ1) is 23.2. The number of carbonyl (C=O) groups excluding carboxylic acids is 3. The summed E-state index contributed by atoms with van der Waals surface area (Å²) in [6.07, 6.45) is 0. The fourth-order valence-electron chi connectivity index (χ4n) is 3.73. The number of hydrogen-bond donors (Lipinski definition) is 0. The molecule has 0 spiro atoms. The van der Waals surface area contributed by atoms with Crippen molar-refractivity contribution in [3.8, 4) is 0 Å². The summed E-state index contributed by atoms with van der Waals surface area (Å²) in [5.41, 5.74) is 1.35. The summed E-state index contributed by atoms with van der Waals surface area (Å²) in [7, 11) is -3.81. The Morgan fingerprint density at radius 2 is 1.41 bits per heavy atom. The number of imide groups is 1. The molecule has 0 radical (unpaired) electrons. The Kier molecular flexibility index (Phi) is 6.47. The van der Waals surface area contributed by atoms with E-state index in [9.17, 15) is 22.8 Å². The number of carbonyl (C=O) groups is 3. The number of benzene rings is 3. The molecule has 1 aliphatic rings. The molecule has 0 saturated heterocycles. The molecule has 0 N–H and O–H groups in total. The summed E-state index contributed by atoms with van der Waals surface area (Å²) in [6.45, 7) is 1.73. The largest absolute Gasteiger partial charge is 0.460 e. The lowest BCUT2D eigenvalue weighted by atomic mass is 10.1. The van der Waals surface area contributed by atoms with Crippen LogP contribution in [-0.2, 0) is 14.8 Å². The van der Waals surface area contributed by atoms with E-state index >= 15 is 0 Å². The second-order valence-corrected chi connectivity index (χ2v) is 9.34. The lowest BCUT2D eigenvalue weighted by Crippen LogP contribution is -2.33. The average molecular weight is 479 g/mol. The van der Waals surface area contributed by atoms with Gasteiger partial charge >= 0.3 is 5.97 Å². The predicted octanol–water partition coefficient (Wildman–Crippen LogP) is 3.35. The number of fused-ring (bicyclic) bond motifs is 1. The molecular formula is C25H22N2O6S. The molecule has 4 rings (SSSR count). The average Bonchev–Trinajstić information content (AvgIpc) is 3.10. The van der Waals surface area contributed by atoms with Crippen LogP contribution in [0.5, 0.6) is 0 Å². The third kappa shape index (κ3) is 4.29. The Bertz CT molecular complexity index is 1300. The monoisotopic (exact) mass is 478 g/mol. The van der Waals surface area contributed by atoms with E-state index in [2.05, 4.69) is 0 Å². The molecule has 0 unspecified atom stereocenters. The van der Waals surface area contributed by atoms with Crippen LogP contribution < -0.4 is 4.31 Å². The SMILES string of the molecule is CCN(c1ccccc1)S(=O)(=O)c1ccc(C(=O)OCCN2C(=O)c3ccccc3C2=O)cc1. The summed E-state index contributed by atoms with van der Waals surface area (Å²) in [5.74, 6) is -1.54. The van der Waals surface area contributed by atoms with Gasteiger partial charge in [0.25, 0.3) is 21.8 Å². The predicted molar refractivity (Wildman–Crippen MR) is 125 cm³/mol. The van der Waals surface area contributed by atoms with E-state index in [1.165, 1.54) is 28.6 Å². The Hall–Kier alpha value is -3.98. The molecule has 3 aromatic rings. The van der Waals surface area contributed by atoms with Crippen molar-refractivity contribution in [2.75, 3.05) is 24.0 Å². The third-order valence-electron chi connectivity index (χ3n) is 5.44. The summed E-state index contributed by atoms with van der Waals surface area (Å²) in [6, 6.07) is 20.7. The zero-order chi connectivity index (χ0) is 24.3. The van der Waals surface area contributed by atoms with Crippen molar-refractivity contribution in [3.63, 3.8) is 0 Å². The Morgan fingerprint density at radius 1 is 0.853 bits per heavy atom. The zero-order valence-corrected chi connectivity index (χ0v) is 19.2. The number of anilines is 1. The molecule has 174 valence electrons. The number of ether oxygens (including phenoxy) is 1. The van der Waals surface area contributed by atoms with Crippen LogP contribution in [0.25, 0.3) is 0 Å². The van der Waals surface area contributed by atoms with Crippen molar-refractivity contribution in [2.24, 2.45) is 0 Å². The summed E-state index contributed by atoms with van der Waals surface area (Å²) >= 11 is 0. The highest BCUT2D eigenvalue weighted by molar-refractivity contribution is 7.92. The van der Waals surface area contributed by atoms with E-state index < -0.39 is 27.8 Å². The number of rotatable bonds is 8. The first-order valence-corrected chi connectivity index (χ1v) is 12.1. The van der Waals surface area contributed by atoms with Gasteiger partial charge in [-0.1, -0.05) is 30.3 Å². The Balaban J connectivity index is 1.39. The van der Waals surface area contributed by atoms with Gasteiger partial charge in [0.1, 0.15) is 6.61 Å². The number of hydrogen-bond acceptors (Lipinski definition) is 6. The van der Waals surface area contributed by atoms with Gasteiger partial charge < -0.3 is 4.74 Å². The number of amides is 2. The van der Waals surface area contributed by atoms with Gasteiger partial charge in [0.05, 0.1) is 33.8 Å². The van der Waals surface area contributed by atoms with Crippen LogP contribution in [0, 0.1) is 0 Å². The summed E-state index contributed by atoms with van der Waals surface area (Å²) in [5, 5.41) is 0. The molecule has 3 aromatic carbocycles. The Labute approximate surface area is 197 Å². The van der Waals surface area contributed by atoms with Crippen molar-refractivity contribution >= 4 is 33.5 Å². The molecule has 0 saturated carbocycles. The molecule has 0 aliphatic carbocycles. The second kappa shape index (κ2) is 9.48. The number of para-hydroxylation sites is 1. The smallest absolute Gasteiger partial charge is 0.338 e. The molecule has 1 heterocycles. The molecule has 0 fully saturated rings. The summed E-state index contributed by atoms with van der Waals surface area (Å²) in [4.78, 5) is 38.2. The van der Waals surface area contributed by atoms with Crippen LogP contribution in [0.3, 0.4) is 0 Å². The standard InChI is InChI=1S/C25H22N2O6S/c1-2-27(19-8-4-3-5-9-19)34(31,32)20-14-12-18(13-15-20)25(30)33-17-16-26-23(28)21-10-6-7-11-22(21)24(26)29/h3-15H,2,16-17H2,1H3.